The summed E-state index contributed by atoms with van der Waals surface area (Å²) in [5.41, 5.74) is 4.33. The van der Waals surface area contributed by atoms with E-state index in [1.165, 1.54) is 17.8 Å². The summed E-state index contributed by atoms with van der Waals surface area (Å²) in [4.78, 5) is 37.2. The third-order valence-corrected chi connectivity index (χ3v) is 6.07. The highest BCUT2D eigenvalue weighted by Crippen LogP contribution is 2.44. The van der Waals surface area contributed by atoms with Crippen LogP contribution in [0, 0.1) is 0 Å². The molecule has 1 heterocycles. The van der Waals surface area contributed by atoms with Crippen molar-refractivity contribution in [1.82, 2.24) is 10.1 Å². The molecule has 176 valence electrons. The molecule has 0 bridgehead atoms. The summed E-state index contributed by atoms with van der Waals surface area (Å²) in [5, 5.41) is 15.2. The Kier molecular flexibility index (Phi) is 7.17. The number of rotatable bonds is 9. The fourth-order valence-corrected chi connectivity index (χ4v) is 4.35. The number of aliphatic carboxylic acids is 1. The summed E-state index contributed by atoms with van der Waals surface area (Å²) >= 11 is 1.49. The third kappa shape index (κ3) is 5.07. The first-order valence-electron chi connectivity index (χ1n) is 10.6. The zero-order valence-electron chi connectivity index (χ0n) is 18.4. The van der Waals surface area contributed by atoms with Crippen LogP contribution in [0.5, 0.6) is 0 Å². The van der Waals surface area contributed by atoms with E-state index in [-0.39, 0.29) is 30.6 Å². The largest absolute Gasteiger partial charge is 0.480 e. The highest BCUT2D eigenvalue weighted by atomic mass is 32.2. The number of carboxylic acid groups (broad SMARTS) is 1. The van der Waals surface area contributed by atoms with E-state index in [1.54, 1.807) is 0 Å². The molecule has 0 unspecified atom stereocenters. The van der Waals surface area contributed by atoms with E-state index in [0.717, 1.165) is 27.2 Å². The van der Waals surface area contributed by atoms with Gasteiger partial charge >= 0.3 is 12.1 Å². The molecule has 10 heteroatoms. The van der Waals surface area contributed by atoms with Crippen LogP contribution in [0.3, 0.4) is 0 Å². The van der Waals surface area contributed by atoms with Crippen molar-refractivity contribution in [2.24, 2.45) is 0 Å². The van der Waals surface area contributed by atoms with Gasteiger partial charge in [-0.15, -0.1) is 0 Å². The number of nitrogens with zero attached hydrogens (tertiary/aromatic N) is 2. The monoisotopic (exact) mass is 481 g/mol. The summed E-state index contributed by atoms with van der Waals surface area (Å²) < 4.78 is 10.5. The van der Waals surface area contributed by atoms with Crippen LogP contribution < -0.4 is 5.32 Å². The zero-order chi connectivity index (χ0) is 24.1. The van der Waals surface area contributed by atoms with Gasteiger partial charge in [-0.25, -0.2) is 4.79 Å². The lowest BCUT2D eigenvalue weighted by Crippen LogP contribution is -2.37. The van der Waals surface area contributed by atoms with Gasteiger partial charge in [0.25, 0.3) is 5.91 Å². The lowest BCUT2D eigenvalue weighted by molar-refractivity contribution is -0.137. The van der Waals surface area contributed by atoms with Crippen molar-refractivity contribution in [2.45, 2.75) is 5.92 Å². The highest BCUT2D eigenvalue weighted by molar-refractivity contribution is 7.98. The number of hydrogen-bond acceptors (Lipinski definition) is 7. The Morgan fingerprint density at radius 3 is 2.38 bits per heavy atom. The number of carbonyl (C=O) groups excluding carboxylic acids is 2. The Morgan fingerprint density at radius 2 is 1.76 bits per heavy atom. The molecule has 9 nitrogen and oxygen atoms in total. The van der Waals surface area contributed by atoms with Crippen LogP contribution in [0.1, 0.15) is 27.5 Å². The molecule has 0 radical (unpaired) electrons. The lowest BCUT2D eigenvalue weighted by Gasteiger charge is -2.18. The molecule has 1 aliphatic carbocycles. The molecule has 1 aliphatic rings. The number of ether oxygens (including phenoxy) is 1. The van der Waals surface area contributed by atoms with Gasteiger partial charge in [0, 0.05) is 24.3 Å². The number of anilines is 1. The van der Waals surface area contributed by atoms with Crippen molar-refractivity contribution in [3.05, 3.63) is 71.4 Å². The Balaban J connectivity index is 1.38. The minimum Gasteiger partial charge on any atom is -0.480 e. The van der Waals surface area contributed by atoms with E-state index < -0.39 is 24.5 Å². The van der Waals surface area contributed by atoms with Crippen molar-refractivity contribution in [1.29, 1.82) is 0 Å². The van der Waals surface area contributed by atoms with E-state index >= 15 is 0 Å². The van der Waals surface area contributed by atoms with Crippen molar-refractivity contribution < 1.29 is 28.8 Å². The van der Waals surface area contributed by atoms with Gasteiger partial charge < -0.3 is 19.3 Å². The first kappa shape index (κ1) is 23.4. The van der Waals surface area contributed by atoms with Gasteiger partial charge in [0.05, 0.1) is 0 Å². The first-order chi connectivity index (χ1) is 16.5. The predicted octanol–water partition coefficient (Wildman–Crippen LogP) is 3.93. The normalized spacial score (nSPS) is 12.0. The van der Waals surface area contributed by atoms with Crippen LogP contribution in [-0.2, 0) is 9.53 Å². The van der Waals surface area contributed by atoms with Crippen LogP contribution in [-0.4, -0.2) is 64.8 Å². The average Bonchev–Trinajstić information content (AvgIpc) is 3.42. The maximum absolute atomic E-state index is 12.6. The van der Waals surface area contributed by atoms with Gasteiger partial charge in [-0.2, -0.15) is 11.8 Å². The van der Waals surface area contributed by atoms with Gasteiger partial charge in [0.15, 0.2) is 5.69 Å². The minimum atomic E-state index is -1.13. The molecular weight excluding hydrogens is 458 g/mol. The molecule has 0 saturated carbocycles. The molecule has 2 N–H and O–H groups in total. The average molecular weight is 482 g/mol. The van der Waals surface area contributed by atoms with Crippen molar-refractivity contribution in [3.8, 4) is 11.1 Å². The fraction of sp³-hybridized carbons (Fsp3) is 0.250. The number of amides is 2. The summed E-state index contributed by atoms with van der Waals surface area (Å²) in [6.07, 6.45) is 1.11. The van der Waals surface area contributed by atoms with Gasteiger partial charge in [0.2, 0.25) is 5.88 Å². The molecule has 1 aromatic heterocycles. The smallest absolute Gasteiger partial charge is 0.414 e. The number of benzene rings is 2. The Labute approximate surface area is 200 Å². The molecule has 4 rings (SSSR count). The number of carbonyl (C=O) groups is 3. The van der Waals surface area contributed by atoms with Crippen molar-refractivity contribution in [3.63, 3.8) is 0 Å². The number of thioether (sulfide) groups is 1. The number of nitrogens with one attached hydrogen (secondary N) is 1. The van der Waals surface area contributed by atoms with Crippen LogP contribution in [0.4, 0.5) is 10.7 Å². The number of aromatic nitrogens is 1. The molecular formula is C24H23N3O6S. The standard InChI is InChI=1S/C24H23N3O6S/c1-34-11-10-27(13-22(28)29)23(30)20-12-21(33-26-20)25-24(31)32-14-19-17-8-4-2-6-15(17)16-7-3-5-9-18(16)19/h2-9,12,19H,10-11,13-14H2,1H3,(H,25,31)(H,28,29). The van der Waals surface area contributed by atoms with Gasteiger partial charge in [-0.1, -0.05) is 53.7 Å². The third-order valence-electron chi connectivity index (χ3n) is 5.48. The Hall–Kier alpha value is -3.79. The summed E-state index contributed by atoms with van der Waals surface area (Å²) in [5.74, 6) is -1.32. The molecule has 0 atom stereocenters. The maximum atomic E-state index is 12.6. The fourth-order valence-electron chi connectivity index (χ4n) is 3.95. The van der Waals surface area contributed by atoms with E-state index in [1.807, 2.05) is 54.8 Å². The van der Waals surface area contributed by atoms with E-state index in [9.17, 15) is 14.4 Å². The quantitative estimate of drug-likeness (QED) is 0.472. The van der Waals surface area contributed by atoms with Crippen molar-refractivity contribution in [2.75, 3.05) is 37.0 Å². The number of fused-ring (bicyclic) bond motifs is 3. The molecule has 0 aliphatic heterocycles. The van der Waals surface area contributed by atoms with Gasteiger partial charge in [0.1, 0.15) is 13.2 Å². The van der Waals surface area contributed by atoms with Gasteiger partial charge in [-0.3, -0.25) is 14.9 Å². The molecule has 2 aromatic carbocycles. The minimum absolute atomic E-state index is 0.0688. The predicted molar refractivity (Wildman–Crippen MR) is 127 cm³/mol. The van der Waals surface area contributed by atoms with Gasteiger partial charge in [-0.05, 0) is 28.5 Å². The number of hydrogen-bond donors (Lipinski definition) is 2. The second-order valence-corrected chi connectivity index (χ2v) is 8.63. The highest BCUT2D eigenvalue weighted by Gasteiger charge is 2.29. The Morgan fingerprint density at radius 1 is 1.12 bits per heavy atom. The molecule has 0 saturated heterocycles. The zero-order valence-corrected chi connectivity index (χ0v) is 19.2. The topological polar surface area (TPSA) is 122 Å². The molecule has 0 fully saturated rings. The lowest BCUT2D eigenvalue weighted by atomic mass is 9.98. The second-order valence-electron chi connectivity index (χ2n) is 7.64. The van der Waals surface area contributed by atoms with E-state index in [0.29, 0.717) is 5.75 Å². The van der Waals surface area contributed by atoms with Crippen LogP contribution in [0.2, 0.25) is 0 Å². The first-order valence-corrected chi connectivity index (χ1v) is 12.0. The van der Waals surface area contributed by atoms with Crippen LogP contribution in [0.15, 0.2) is 59.1 Å². The summed E-state index contributed by atoms with van der Waals surface area (Å²) in [7, 11) is 0. The molecule has 34 heavy (non-hydrogen) atoms. The van der Waals surface area contributed by atoms with Crippen LogP contribution in [0.25, 0.3) is 11.1 Å². The summed E-state index contributed by atoms with van der Waals surface area (Å²) in [6.45, 7) is -0.0868. The number of carboxylic acids is 1. The van der Waals surface area contributed by atoms with Crippen LogP contribution >= 0.6 is 11.8 Å². The van der Waals surface area contributed by atoms with E-state index in [2.05, 4.69) is 10.5 Å². The SMILES string of the molecule is CSCCN(CC(=O)O)C(=O)c1cc(NC(=O)OCC2c3ccccc3-c3ccccc32)on1. The van der Waals surface area contributed by atoms with Crippen molar-refractivity contribution >= 4 is 35.6 Å². The molecule has 0 spiro atoms. The molecule has 2 amide bonds. The summed E-state index contributed by atoms with van der Waals surface area (Å²) in [6, 6.07) is 17.3. The maximum Gasteiger partial charge on any atom is 0.414 e. The van der Waals surface area contributed by atoms with E-state index in [4.69, 9.17) is 14.4 Å². The Bertz CT molecular complexity index is 1170. The molecule has 3 aromatic rings. The second kappa shape index (κ2) is 10.4.